The molecule has 100 valence electrons. The fourth-order valence-electron chi connectivity index (χ4n) is 2.28. The summed E-state index contributed by atoms with van der Waals surface area (Å²) in [6, 6.07) is 0.214. The van der Waals surface area contributed by atoms with Crippen LogP contribution < -0.4 is 5.32 Å². The number of nitrogens with zero attached hydrogens (tertiary/aromatic N) is 1. The molecule has 0 radical (unpaired) electrons. The minimum Gasteiger partial charge on any atom is -0.469 e. The second kappa shape index (κ2) is 7.67. The number of carbonyl (C=O) groups excluding carboxylic acids is 1. The fourth-order valence-corrected chi connectivity index (χ4v) is 2.28. The normalized spacial score (nSPS) is 20.2. The van der Waals surface area contributed by atoms with Crippen LogP contribution in [0.25, 0.3) is 0 Å². The van der Waals surface area contributed by atoms with E-state index < -0.39 is 0 Å². The Hall–Kier alpha value is -0.610. The van der Waals surface area contributed by atoms with Gasteiger partial charge < -0.3 is 15.0 Å². The van der Waals surface area contributed by atoms with E-state index in [0.717, 1.165) is 12.5 Å². The molecule has 0 aromatic rings. The van der Waals surface area contributed by atoms with Crippen molar-refractivity contribution in [2.24, 2.45) is 5.92 Å². The van der Waals surface area contributed by atoms with Crippen LogP contribution in [0.15, 0.2) is 0 Å². The third-order valence-corrected chi connectivity index (χ3v) is 3.61. The van der Waals surface area contributed by atoms with E-state index in [1.165, 1.54) is 39.6 Å². The first-order valence-corrected chi connectivity index (χ1v) is 6.68. The fraction of sp³-hybridized carbons (Fsp3) is 0.923. The largest absolute Gasteiger partial charge is 0.469 e. The van der Waals surface area contributed by atoms with Gasteiger partial charge in [0.25, 0.3) is 0 Å². The van der Waals surface area contributed by atoms with Gasteiger partial charge in [-0.2, -0.15) is 0 Å². The maximum atomic E-state index is 11.1. The van der Waals surface area contributed by atoms with Gasteiger partial charge in [-0.1, -0.05) is 6.92 Å². The monoisotopic (exact) mass is 242 g/mol. The Morgan fingerprint density at radius 1 is 1.47 bits per heavy atom. The molecule has 0 bridgehead atoms. The minimum atomic E-state index is -0.134. The first-order chi connectivity index (χ1) is 8.15. The van der Waals surface area contributed by atoms with Crippen molar-refractivity contribution in [1.82, 2.24) is 10.2 Å². The number of carbonyl (C=O) groups is 1. The molecule has 1 heterocycles. The molecule has 0 aromatic carbocycles. The van der Waals surface area contributed by atoms with E-state index in [0.29, 0.717) is 6.42 Å². The summed E-state index contributed by atoms with van der Waals surface area (Å²) >= 11 is 0. The first kappa shape index (κ1) is 14.5. The Bertz CT molecular complexity index is 225. The van der Waals surface area contributed by atoms with Crippen LogP contribution in [0.2, 0.25) is 0 Å². The molecule has 1 atom stereocenters. The number of likely N-dealkylation sites (tertiary alicyclic amines) is 1. The summed E-state index contributed by atoms with van der Waals surface area (Å²) in [6.07, 6.45) is 3.00. The summed E-state index contributed by atoms with van der Waals surface area (Å²) < 4.78 is 4.66. The molecule has 0 aromatic heterocycles. The van der Waals surface area contributed by atoms with Crippen LogP contribution in [0.1, 0.15) is 33.1 Å². The van der Waals surface area contributed by atoms with Gasteiger partial charge in [0.05, 0.1) is 13.5 Å². The second-order valence-electron chi connectivity index (χ2n) is 4.97. The maximum absolute atomic E-state index is 11.1. The molecule has 1 fully saturated rings. The number of esters is 1. The number of ether oxygens (including phenoxy) is 1. The lowest BCUT2D eigenvalue weighted by Crippen LogP contribution is -2.39. The van der Waals surface area contributed by atoms with Crippen molar-refractivity contribution in [2.75, 3.05) is 33.3 Å². The number of nitrogens with one attached hydrogen (secondary N) is 1. The van der Waals surface area contributed by atoms with E-state index in [1.54, 1.807) is 0 Å². The molecular weight excluding hydrogens is 216 g/mol. The quantitative estimate of drug-likeness (QED) is 0.712. The molecule has 4 heteroatoms. The molecule has 0 spiro atoms. The standard InChI is InChI=1S/C13H26N2O2/c1-4-15-7-5-12(6-8-15)10-14-11(2)9-13(16)17-3/h11-12,14H,4-10H2,1-3H3. The van der Waals surface area contributed by atoms with Crippen molar-refractivity contribution in [1.29, 1.82) is 0 Å². The molecule has 0 aliphatic carbocycles. The lowest BCUT2D eigenvalue weighted by molar-refractivity contribution is -0.141. The topological polar surface area (TPSA) is 41.6 Å². The van der Waals surface area contributed by atoms with E-state index >= 15 is 0 Å². The molecule has 1 rings (SSSR count). The third-order valence-electron chi connectivity index (χ3n) is 3.61. The van der Waals surface area contributed by atoms with Gasteiger partial charge in [0.2, 0.25) is 0 Å². The van der Waals surface area contributed by atoms with Crippen molar-refractivity contribution < 1.29 is 9.53 Å². The van der Waals surface area contributed by atoms with Crippen LogP contribution in [-0.4, -0.2) is 50.2 Å². The predicted molar refractivity (Wildman–Crippen MR) is 68.9 cm³/mol. The molecule has 0 amide bonds. The predicted octanol–water partition coefficient (Wildman–Crippen LogP) is 1.26. The van der Waals surface area contributed by atoms with Gasteiger partial charge in [-0.05, 0) is 51.9 Å². The number of piperidine rings is 1. The molecule has 17 heavy (non-hydrogen) atoms. The van der Waals surface area contributed by atoms with Crippen LogP contribution in [-0.2, 0) is 9.53 Å². The highest BCUT2D eigenvalue weighted by Gasteiger charge is 2.18. The molecule has 1 N–H and O–H groups in total. The van der Waals surface area contributed by atoms with E-state index in [9.17, 15) is 4.79 Å². The van der Waals surface area contributed by atoms with E-state index in [4.69, 9.17) is 0 Å². The van der Waals surface area contributed by atoms with Crippen molar-refractivity contribution in [3.63, 3.8) is 0 Å². The van der Waals surface area contributed by atoms with Crippen molar-refractivity contribution in [3.05, 3.63) is 0 Å². The van der Waals surface area contributed by atoms with Gasteiger partial charge >= 0.3 is 5.97 Å². The number of hydrogen-bond acceptors (Lipinski definition) is 4. The highest BCUT2D eigenvalue weighted by Crippen LogP contribution is 2.16. The molecule has 1 saturated heterocycles. The van der Waals surface area contributed by atoms with Gasteiger partial charge in [-0.15, -0.1) is 0 Å². The van der Waals surface area contributed by atoms with Crippen LogP contribution in [0, 0.1) is 5.92 Å². The zero-order chi connectivity index (χ0) is 12.7. The highest BCUT2D eigenvalue weighted by molar-refractivity contribution is 5.69. The Morgan fingerprint density at radius 2 is 2.12 bits per heavy atom. The maximum Gasteiger partial charge on any atom is 0.307 e. The smallest absolute Gasteiger partial charge is 0.307 e. The Morgan fingerprint density at radius 3 is 2.65 bits per heavy atom. The number of rotatable bonds is 6. The molecule has 4 nitrogen and oxygen atoms in total. The first-order valence-electron chi connectivity index (χ1n) is 6.68. The van der Waals surface area contributed by atoms with Crippen molar-refractivity contribution in [2.45, 2.75) is 39.2 Å². The van der Waals surface area contributed by atoms with E-state index in [1.807, 2.05) is 6.92 Å². The molecular formula is C13H26N2O2. The van der Waals surface area contributed by atoms with Crippen LogP contribution in [0.5, 0.6) is 0 Å². The van der Waals surface area contributed by atoms with E-state index in [-0.39, 0.29) is 12.0 Å². The third kappa shape index (κ3) is 5.50. The van der Waals surface area contributed by atoms with Crippen LogP contribution >= 0.6 is 0 Å². The van der Waals surface area contributed by atoms with Gasteiger partial charge in [0.1, 0.15) is 0 Å². The number of methoxy groups -OCH3 is 1. The minimum absolute atomic E-state index is 0.134. The summed E-state index contributed by atoms with van der Waals surface area (Å²) in [7, 11) is 1.44. The highest BCUT2D eigenvalue weighted by atomic mass is 16.5. The van der Waals surface area contributed by atoms with Gasteiger partial charge in [-0.3, -0.25) is 4.79 Å². The summed E-state index contributed by atoms with van der Waals surface area (Å²) in [6.45, 7) is 8.88. The second-order valence-corrected chi connectivity index (χ2v) is 4.97. The van der Waals surface area contributed by atoms with Gasteiger partial charge in [0, 0.05) is 6.04 Å². The molecule has 1 aliphatic heterocycles. The van der Waals surface area contributed by atoms with Crippen molar-refractivity contribution in [3.8, 4) is 0 Å². The Balaban J connectivity index is 2.12. The molecule has 1 unspecified atom stereocenters. The summed E-state index contributed by atoms with van der Waals surface area (Å²) in [5.41, 5.74) is 0. The van der Waals surface area contributed by atoms with Crippen molar-refractivity contribution >= 4 is 5.97 Å². The van der Waals surface area contributed by atoms with Gasteiger partial charge in [-0.25, -0.2) is 0 Å². The SMILES string of the molecule is CCN1CCC(CNC(C)CC(=O)OC)CC1. The summed E-state index contributed by atoms with van der Waals surface area (Å²) in [4.78, 5) is 13.6. The van der Waals surface area contributed by atoms with Crippen LogP contribution in [0.4, 0.5) is 0 Å². The zero-order valence-electron chi connectivity index (χ0n) is 11.4. The van der Waals surface area contributed by atoms with E-state index in [2.05, 4.69) is 21.9 Å². The number of hydrogen-bond donors (Lipinski definition) is 1. The summed E-state index contributed by atoms with van der Waals surface area (Å²) in [5, 5.41) is 3.43. The Kier molecular flexibility index (Phi) is 6.52. The summed E-state index contributed by atoms with van der Waals surface area (Å²) in [5.74, 6) is 0.628. The van der Waals surface area contributed by atoms with Gasteiger partial charge in [0.15, 0.2) is 0 Å². The zero-order valence-corrected chi connectivity index (χ0v) is 11.4. The molecule has 0 saturated carbocycles. The Labute approximate surface area is 105 Å². The average Bonchev–Trinajstić information content (AvgIpc) is 2.36. The molecule has 1 aliphatic rings. The van der Waals surface area contributed by atoms with Crippen LogP contribution in [0.3, 0.4) is 0 Å². The lowest BCUT2D eigenvalue weighted by Gasteiger charge is -2.31. The average molecular weight is 242 g/mol. The lowest BCUT2D eigenvalue weighted by atomic mass is 9.96.